The maximum absolute atomic E-state index is 5.85. The summed E-state index contributed by atoms with van der Waals surface area (Å²) in [6, 6.07) is 7.38. The van der Waals surface area contributed by atoms with Crippen LogP contribution in [0.4, 0.5) is 5.69 Å². The summed E-state index contributed by atoms with van der Waals surface area (Å²) in [5.74, 6) is 0. The number of nitrogens with one attached hydrogen (secondary N) is 1. The van der Waals surface area contributed by atoms with Crippen LogP contribution in [0.1, 0.15) is 30.4 Å². The van der Waals surface area contributed by atoms with E-state index in [2.05, 4.69) is 23.2 Å². The van der Waals surface area contributed by atoms with Crippen LogP contribution in [0.2, 0.25) is 0 Å². The first-order valence-corrected chi connectivity index (χ1v) is 7.47. The van der Waals surface area contributed by atoms with Gasteiger partial charge in [-0.25, -0.2) is 0 Å². The molecule has 2 atom stereocenters. The largest absolute Gasteiger partial charge is 0.389 e. The molecule has 1 aromatic rings. The van der Waals surface area contributed by atoms with Gasteiger partial charge in [0, 0.05) is 29.9 Å². The van der Waals surface area contributed by atoms with Gasteiger partial charge >= 0.3 is 0 Å². The maximum atomic E-state index is 5.85. The van der Waals surface area contributed by atoms with Crippen LogP contribution in [0, 0.1) is 6.92 Å². The average Bonchev–Trinajstić information content (AvgIpc) is 2.95. The summed E-state index contributed by atoms with van der Waals surface area (Å²) in [7, 11) is 0. The van der Waals surface area contributed by atoms with Crippen LogP contribution in [-0.2, 0) is 0 Å². The second-order valence-electron chi connectivity index (χ2n) is 5.65. The molecule has 2 heterocycles. The van der Waals surface area contributed by atoms with Crippen molar-refractivity contribution in [3.05, 3.63) is 29.3 Å². The highest BCUT2D eigenvalue weighted by Gasteiger charge is 2.37. The molecule has 0 spiro atoms. The van der Waals surface area contributed by atoms with Crippen LogP contribution in [0.3, 0.4) is 0 Å². The standard InChI is InChI=1S/C15H21N3S/c1-10-4-2-5-11(15(16)19)14(10)17-12-7-9-18-8-3-6-13(12)18/h2,4-5,12-13,17H,3,6-9H2,1H3,(H2,16,19). The highest BCUT2D eigenvalue weighted by molar-refractivity contribution is 7.80. The van der Waals surface area contributed by atoms with Crippen molar-refractivity contribution in [2.45, 2.75) is 38.3 Å². The van der Waals surface area contributed by atoms with Crippen LogP contribution >= 0.6 is 12.2 Å². The minimum atomic E-state index is 0.479. The lowest BCUT2D eigenvalue weighted by atomic mass is 10.0. The van der Waals surface area contributed by atoms with Crippen molar-refractivity contribution in [1.29, 1.82) is 0 Å². The van der Waals surface area contributed by atoms with Crippen LogP contribution < -0.4 is 11.1 Å². The summed E-state index contributed by atoms with van der Waals surface area (Å²) in [4.78, 5) is 3.09. The molecule has 2 fully saturated rings. The molecule has 2 saturated heterocycles. The number of fused-ring (bicyclic) bond motifs is 1. The van der Waals surface area contributed by atoms with E-state index in [0.717, 1.165) is 11.3 Å². The molecule has 0 amide bonds. The van der Waals surface area contributed by atoms with E-state index >= 15 is 0 Å². The minimum Gasteiger partial charge on any atom is -0.389 e. The number of aryl methyl sites for hydroxylation is 1. The van der Waals surface area contributed by atoms with Crippen LogP contribution in [0.15, 0.2) is 18.2 Å². The molecule has 0 aromatic heterocycles. The molecule has 1 aromatic carbocycles. The predicted octanol–water partition coefficient (Wildman–Crippen LogP) is 2.28. The first kappa shape index (κ1) is 12.9. The fourth-order valence-electron chi connectivity index (χ4n) is 3.50. The Morgan fingerprint density at radius 3 is 3.00 bits per heavy atom. The van der Waals surface area contributed by atoms with E-state index < -0.39 is 0 Å². The van der Waals surface area contributed by atoms with E-state index in [9.17, 15) is 0 Å². The Labute approximate surface area is 120 Å². The molecule has 102 valence electrons. The molecule has 3 rings (SSSR count). The fourth-order valence-corrected chi connectivity index (χ4v) is 3.67. The number of nitrogens with zero attached hydrogens (tertiary/aromatic N) is 1. The molecule has 0 saturated carbocycles. The Bertz CT molecular complexity index is 500. The lowest BCUT2D eigenvalue weighted by molar-refractivity contribution is 0.318. The van der Waals surface area contributed by atoms with E-state index in [0.29, 0.717) is 17.1 Å². The highest BCUT2D eigenvalue weighted by Crippen LogP contribution is 2.32. The number of anilines is 1. The topological polar surface area (TPSA) is 41.3 Å². The molecule has 3 nitrogen and oxygen atoms in total. The van der Waals surface area contributed by atoms with Gasteiger partial charge in [-0.3, -0.25) is 4.90 Å². The number of hydrogen-bond donors (Lipinski definition) is 2. The first-order chi connectivity index (χ1) is 9.16. The Morgan fingerprint density at radius 2 is 2.21 bits per heavy atom. The van der Waals surface area contributed by atoms with Crippen molar-refractivity contribution in [2.75, 3.05) is 18.4 Å². The molecule has 0 aliphatic carbocycles. The molecule has 0 radical (unpaired) electrons. The monoisotopic (exact) mass is 275 g/mol. The van der Waals surface area contributed by atoms with Crippen molar-refractivity contribution >= 4 is 22.9 Å². The number of thiocarbonyl (C=S) groups is 1. The van der Waals surface area contributed by atoms with Crippen molar-refractivity contribution in [2.24, 2.45) is 5.73 Å². The Kier molecular flexibility index (Phi) is 3.46. The molecule has 2 aliphatic heterocycles. The third-order valence-electron chi connectivity index (χ3n) is 4.47. The van der Waals surface area contributed by atoms with E-state index in [1.165, 1.54) is 37.9 Å². The number of para-hydroxylation sites is 1. The summed E-state index contributed by atoms with van der Waals surface area (Å²) < 4.78 is 0. The van der Waals surface area contributed by atoms with E-state index in [1.54, 1.807) is 0 Å². The van der Waals surface area contributed by atoms with Gasteiger partial charge in [-0.1, -0.05) is 24.4 Å². The normalized spacial score (nSPS) is 26.4. The molecule has 2 aliphatic rings. The molecular weight excluding hydrogens is 254 g/mol. The van der Waals surface area contributed by atoms with Crippen LogP contribution in [-0.4, -0.2) is 35.1 Å². The second-order valence-corrected chi connectivity index (χ2v) is 6.09. The molecule has 0 bridgehead atoms. The molecule has 19 heavy (non-hydrogen) atoms. The molecule has 4 heteroatoms. The summed E-state index contributed by atoms with van der Waals surface area (Å²) in [5.41, 5.74) is 9.18. The van der Waals surface area contributed by atoms with Crippen LogP contribution in [0.25, 0.3) is 0 Å². The zero-order valence-corrected chi connectivity index (χ0v) is 12.2. The first-order valence-electron chi connectivity index (χ1n) is 7.07. The van der Waals surface area contributed by atoms with E-state index in [-0.39, 0.29) is 0 Å². The van der Waals surface area contributed by atoms with Gasteiger partial charge in [-0.2, -0.15) is 0 Å². The van der Waals surface area contributed by atoms with Gasteiger partial charge < -0.3 is 11.1 Å². The van der Waals surface area contributed by atoms with Gasteiger partial charge in [0.1, 0.15) is 4.99 Å². The zero-order chi connectivity index (χ0) is 13.4. The van der Waals surface area contributed by atoms with Crippen molar-refractivity contribution in [3.63, 3.8) is 0 Å². The summed E-state index contributed by atoms with van der Waals surface area (Å²) in [5, 5.41) is 3.72. The number of benzene rings is 1. The van der Waals surface area contributed by atoms with Gasteiger partial charge in [-0.15, -0.1) is 0 Å². The van der Waals surface area contributed by atoms with Crippen molar-refractivity contribution in [3.8, 4) is 0 Å². The van der Waals surface area contributed by atoms with E-state index in [1.807, 2.05) is 12.1 Å². The van der Waals surface area contributed by atoms with Crippen LogP contribution in [0.5, 0.6) is 0 Å². The third-order valence-corrected chi connectivity index (χ3v) is 4.69. The Hall–Kier alpha value is -1.13. The molecule has 2 unspecified atom stereocenters. The predicted molar refractivity (Wildman–Crippen MR) is 83.7 cm³/mol. The summed E-state index contributed by atoms with van der Waals surface area (Å²) >= 11 is 5.17. The smallest absolute Gasteiger partial charge is 0.106 e. The lowest BCUT2D eigenvalue weighted by Gasteiger charge is -2.24. The van der Waals surface area contributed by atoms with Gasteiger partial charge in [0.05, 0.1) is 0 Å². The van der Waals surface area contributed by atoms with Gasteiger partial charge in [0.15, 0.2) is 0 Å². The third kappa shape index (κ3) is 2.35. The Balaban J connectivity index is 1.85. The quantitative estimate of drug-likeness (QED) is 0.831. The van der Waals surface area contributed by atoms with Gasteiger partial charge in [0.2, 0.25) is 0 Å². The lowest BCUT2D eigenvalue weighted by Crippen LogP contribution is -2.34. The van der Waals surface area contributed by atoms with Gasteiger partial charge in [0.25, 0.3) is 0 Å². The Morgan fingerprint density at radius 1 is 1.37 bits per heavy atom. The summed E-state index contributed by atoms with van der Waals surface area (Å²) in [6.45, 7) is 4.60. The number of hydrogen-bond acceptors (Lipinski definition) is 3. The van der Waals surface area contributed by atoms with E-state index in [4.69, 9.17) is 18.0 Å². The van der Waals surface area contributed by atoms with Gasteiger partial charge in [-0.05, 0) is 44.4 Å². The van der Waals surface area contributed by atoms with Crippen molar-refractivity contribution < 1.29 is 0 Å². The SMILES string of the molecule is Cc1cccc(C(N)=S)c1NC1CCN2CCCC12. The molecule has 3 N–H and O–H groups in total. The minimum absolute atomic E-state index is 0.479. The fraction of sp³-hybridized carbons (Fsp3) is 0.533. The summed E-state index contributed by atoms with van der Waals surface area (Å²) in [6.07, 6.45) is 3.86. The van der Waals surface area contributed by atoms with Crippen molar-refractivity contribution in [1.82, 2.24) is 4.90 Å². The maximum Gasteiger partial charge on any atom is 0.106 e. The zero-order valence-electron chi connectivity index (χ0n) is 11.4. The number of rotatable bonds is 3. The number of nitrogens with two attached hydrogens (primary N) is 1. The highest BCUT2D eigenvalue weighted by atomic mass is 32.1. The second kappa shape index (κ2) is 5.10. The average molecular weight is 275 g/mol. The molecular formula is C15H21N3S.